The van der Waals surface area contributed by atoms with Crippen LogP contribution < -0.4 is 5.32 Å². The first-order valence-corrected chi connectivity index (χ1v) is 8.66. The number of carbonyl (C=O) groups is 1. The molecule has 0 radical (unpaired) electrons. The Balaban J connectivity index is 2.18. The molecule has 0 aliphatic carbocycles. The molecule has 0 aliphatic heterocycles. The summed E-state index contributed by atoms with van der Waals surface area (Å²) in [5.41, 5.74) is -0.782. The van der Waals surface area contributed by atoms with Gasteiger partial charge in [0.2, 0.25) is 5.91 Å². The van der Waals surface area contributed by atoms with Gasteiger partial charge in [-0.2, -0.15) is 13.2 Å². The quantitative estimate of drug-likeness (QED) is 0.774. The minimum absolute atomic E-state index is 0.0329. The Morgan fingerprint density at radius 1 is 1.38 bits per heavy atom. The van der Waals surface area contributed by atoms with E-state index in [1.807, 2.05) is 13.8 Å². The highest BCUT2D eigenvalue weighted by molar-refractivity contribution is 7.99. The van der Waals surface area contributed by atoms with Crippen molar-refractivity contribution in [3.05, 3.63) is 22.8 Å². The summed E-state index contributed by atoms with van der Waals surface area (Å²) in [7, 11) is 0. The maximum atomic E-state index is 12.9. The van der Waals surface area contributed by atoms with Crippen LogP contribution in [0.15, 0.2) is 17.4 Å². The summed E-state index contributed by atoms with van der Waals surface area (Å²) >= 11 is 6.85. The van der Waals surface area contributed by atoms with Crippen molar-refractivity contribution in [2.75, 3.05) is 5.75 Å². The Labute approximate surface area is 146 Å². The molecule has 1 amide bonds. The van der Waals surface area contributed by atoms with Crippen molar-refractivity contribution < 1.29 is 18.0 Å². The molecule has 5 nitrogen and oxygen atoms in total. The molecular formula is C14H16ClF3N4OS. The van der Waals surface area contributed by atoms with Gasteiger partial charge in [-0.25, -0.2) is 0 Å². The van der Waals surface area contributed by atoms with Crippen molar-refractivity contribution >= 4 is 34.9 Å². The van der Waals surface area contributed by atoms with Gasteiger partial charge in [0.15, 0.2) is 10.8 Å². The fourth-order valence-electron chi connectivity index (χ4n) is 2.08. The number of aromatic nitrogens is 3. The number of fused-ring (bicyclic) bond motifs is 1. The summed E-state index contributed by atoms with van der Waals surface area (Å²) in [6.07, 6.45) is -2.03. The third-order valence-corrected chi connectivity index (χ3v) is 4.66. The number of halogens is 4. The summed E-state index contributed by atoms with van der Waals surface area (Å²) in [6.45, 7) is 3.93. The van der Waals surface area contributed by atoms with E-state index >= 15 is 0 Å². The molecule has 10 heteroatoms. The molecule has 0 spiro atoms. The molecule has 2 aromatic rings. The summed E-state index contributed by atoms with van der Waals surface area (Å²) < 4.78 is 39.8. The highest BCUT2D eigenvalue weighted by Crippen LogP contribution is 2.33. The average Bonchev–Trinajstić information content (AvgIpc) is 2.93. The Hall–Kier alpha value is -1.48. The van der Waals surface area contributed by atoms with Crippen molar-refractivity contribution in [1.82, 2.24) is 19.9 Å². The van der Waals surface area contributed by atoms with Gasteiger partial charge in [0.25, 0.3) is 0 Å². The van der Waals surface area contributed by atoms with E-state index in [-0.39, 0.29) is 33.5 Å². The summed E-state index contributed by atoms with van der Waals surface area (Å²) in [5, 5.41) is 10.5. The molecule has 24 heavy (non-hydrogen) atoms. The normalized spacial score (nSPS) is 12.1. The monoisotopic (exact) mass is 380 g/mol. The molecule has 0 fully saturated rings. The molecule has 0 aliphatic rings. The number of hydrogen-bond donors (Lipinski definition) is 1. The second kappa shape index (κ2) is 7.60. The van der Waals surface area contributed by atoms with Crippen LogP contribution >= 0.6 is 23.4 Å². The average molecular weight is 381 g/mol. The van der Waals surface area contributed by atoms with Gasteiger partial charge in [0.05, 0.1) is 16.3 Å². The van der Waals surface area contributed by atoms with Crippen molar-refractivity contribution in [2.45, 2.75) is 44.1 Å². The van der Waals surface area contributed by atoms with Gasteiger partial charge in [0, 0.05) is 12.2 Å². The van der Waals surface area contributed by atoms with E-state index in [9.17, 15) is 18.0 Å². The van der Waals surface area contributed by atoms with E-state index in [1.54, 1.807) is 0 Å². The van der Waals surface area contributed by atoms with Gasteiger partial charge in [-0.3, -0.25) is 9.20 Å². The van der Waals surface area contributed by atoms with E-state index in [2.05, 4.69) is 15.5 Å². The lowest BCUT2D eigenvalue weighted by Crippen LogP contribution is -2.35. The molecule has 0 bridgehead atoms. The number of alkyl halides is 3. The largest absolute Gasteiger partial charge is 0.417 e. The van der Waals surface area contributed by atoms with E-state index in [1.165, 1.54) is 0 Å². The van der Waals surface area contributed by atoms with Crippen LogP contribution in [0.3, 0.4) is 0 Å². The van der Waals surface area contributed by atoms with Gasteiger partial charge < -0.3 is 5.32 Å². The number of rotatable bonds is 6. The summed E-state index contributed by atoms with van der Waals surface area (Å²) in [4.78, 5) is 11.9. The minimum Gasteiger partial charge on any atom is -0.353 e. The fourth-order valence-corrected chi connectivity index (χ4v) is 3.05. The smallest absolute Gasteiger partial charge is 0.353 e. The number of nitrogens with one attached hydrogen (secondary N) is 1. The summed E-state index contributed by atoms with van der Waals surface area (Å²) in [5.74, 6) is -0.172. The zero-order valence-corrected chi connectivity index (χ0v) is 14.6. The molecule has 2 heterocycles. The van der Waals surface area contributed by atoms with Crippen LogP contribution in [0, 0.1) is 0 Å². The molecule has 0 saturated heterocycles. The number of carbonyl (C=O) groups excluding carboxylic acids is 1. The van der Waals surface area contributed by atoms with Crippen LogP contribution in [0.25, 0.3) is 5.65 Å². The number of pyridine rings is 1. The zero-order chi connectivity index (χ0) is 17.9. The highest BCUT2D eigenvalue weighted by atomic mass is 35.5. The Morgan fingerprint density at radius 2 is 2.04 bits per heavy atom. The van der Waals surface area contributed by atoms with E-state index in [0.717, 1.165) is 41.3 Å². The Bertz CT molecular complexity index is 731. The van der Waals surface area contributed by atoms with E-state index in [0.29, 0.717) is 0 Å². The first-order chi connectivity index (χ1) is 11.3. The predicted octanol–water partition coefficient (Wildman–Crippen LogP) is 3.80. The first-order valence-electron chi connectivity index (χ1n) is 7.29. The first kappa shape index (κ1) is 18.9. The number of nitrogens with zero attached hydrogens (tertiary/aromatic N) is 3. The predicted molar refractivity (Wildman–Crippen MR) is 86.2 cm³/mol. The molecule has 0 saturated carbocycles. The van der Waals surface area contributed by atoms with Crippen LogP contribution in [0.5, 0.6) is 0 Å². The van der Waals surface area contributed by atoms with Gasteiger partial charge in [-0.05, 0) is 18.9 Å². The maximum Gasteiger partial charge on any atom is 0.417 e. The number of amides is 1. The SMILES string of the molecule is CCC(CC)NC(=O)CSc1nnc2c(Cl)cc(C(F)(F)F)cn12. The van der Waals surface area contributed by atoms with Gasteiger partial charge in [-0.1, -0.05) is 37.2 Å². The second-order valence-corrected chi connectivity index (χ2v) is 6.47. The van der Waals surface area contributed by atoms with Crippen LogP contribution in [0.2, 0.25) is 5.02 Å². The lowest BCUT2D eigenvalue weighted by molar-refractivity contribution is -0.137. The number of thioether (sulfide) groups is 1. The maximum absolute atomic E-state index is 12.9. The Kier molecular flexibility index (Phi) is 5.97. The van der Waals surface area contributed by atoms with Crippen molar-refractivity contribution in [1.29, 1.82) is 0 Å². The third kappa shape index (κ3) is 4.32. The van der Waals surface area contributed by atoms with Crippen LogP contribution in [-0.4, -0.2) is 32.3 Å². The molecule has 132 valence electrons. The molecule has 0 unspecified atom stereocenters. The van der Waals surface area contributed by atoms with Crippen molar-refractivity contribution in [3.8, 4) is 0 Å². The van der Waals surface area contributed by atoms with Crippen LogP contribution in [-0.2, 0) is 11.0 Å². The highest BCUT2D eigenvalue weighted by Gasteiger charge is 2.32. The lowest BCUT2D eigenvalue weighted by Gasteiger charge is -2.14. The Morgan fingerprint density at radius 3 is 2.62 bits per heavy atom. The molecule has 0 aromatic carbocycles. The summed E-state index contributed by atoms with van der Waals surface area (Å²) in [6, 6.07) is 0.888. The molecule has 2 rings (SSSR count). The van der Waals surface area contributed by atoms with E-state index in [4.69, 9.17) is 11.6 Å². The lowest BCUT2D eigenvalue weighted by atomic mass is 10.2. The third-order valence-electron chi connectivity index (χ3n) is 3.44. The minimum atomic E-state index is -4.53. The van der Waals surface area contributed by atoms with Crippen molar-refractivity contribution in [2.24, 2.45) is 0 Å². The fraction of sp³-hybridized carbons (Fsp3) is 0.500. The zero-order valence-electron chi connectivity index (χ0n) is 13.0. The molecular weight excluding hydrogens is 365 g/mol. The number of hydrogen-bond acceptors (Lipinski definition) is 4. The topological polar surface area (TPSA) is 59.3 Å². The molecule has 2 aromatic heterocycles. The standard InChI is InChI=1S/C14H16ClF3N4OS/c1-3-9(4-2)19-11(23)7-24-13-21-20-12-10(15)5-8(6-22(12)13)14(16,17)18/h5-6,9H,3-4,7H2,1-2H3,(H,19,23). The van der Waals surface area contributed by atoms with Crippen LogP contribution in [0.1, 0.15) is 32.3 Å². The molecule has 0 atom stereocenters. The van der Waals surface area contributed by atoms with E-state index < -0.39 is 11.7 Å². The van der Waals surface area contributed by atoms with Crippen LogP contribution in [0.4, 0.5) is 13.2 Å². The second-order valence-electron chi connectivity index (χ2n) is 5.12. The molecule has 1 N–H and O–H groups in total. The van der Waals surface area contributed by atoms with Gasteiger partial charge in [0.1, 0.15) is 0 Å². The van der Waals surface area contributed by atoms with Gasteiger partial charge >= 0.3 is 6.18 Å². The van der Waals surface area contributed by atoms with Gasteiger partial charge in [-0.15, -0.1) is 10.2 Å². The van der Waals surface area contributed by atoms with Crippen molar-refractivity contribution in [3.63, 3.8) is 0 Å².